The summed E-state index contributed by atoms with van der Waals surface area (Å²) < 4.78 is 14.0. The number of nitrogens with zero attached hydrogens (tertiary/aromatic N) is 5. The molecular formula is C31H43N11O9. The maximum absolute atomic E-state index is 13.0. The van der Waals surface area contributed by atoms with Crippen LogP contribution in [0.2, 0.25) is 0 Å². The molecule has 0 radical (unpaired) electrons. The maximum atomic E-state index is 13.0. The Morgan fingerprint density at radius 1 is 0.667 bits per heavy atom. The lowest BCUT2D eigenvalue weighted by Crippen LogP contribution is -2.34. The smallest absolute Gasteiger partial charge is 0.407 e. The third kappa shape index (κ3) is 12.3. The fraction of sp³-hybridized carbons (Fsp3) is 0.452. The standard InChI is InChI=1S/C31H43N11O9/c1-31(2,3)51-30(49)34-12-9-23(44)37-21-17-42(6)26(39-21)29(48)35-18-14-19(40(4)15-18)27(46)32-11-8-22(43)36-20-16-41(5)25(38-20)28(47)33-13-10-24(45)50-7/h14-17H,8-13H2,1-7H3,(H,32,46)(H,33,47)(H,34,49)(H,35,48)(H,36,43)(H,37,44). The van der Waals surface area contributed by atoms with Crippen molar-refractivity contribution < 1.29 is 43.0 Å². The first-order valence-electron chi connectivity index (χ1n) is 15.7. The number of ether oxygens (including phenoxy) is 2. The molecule has 0 spiro atoms. The van der Waals surface area contributed by atoms with Crippen molar-refractivity contribution in [2.75, 3.05) is 42.7 Å². The van der Waals surface area contributed by atoms with Crippen molar-refractivity contribution >= 4 is 58.9 Å². The molecule has 3 aromatic heterocycles. The summed E-state index contributed by atoms with van der Waals surface area (Å²) in [7, 11) is 5.99. The molecule has 0 fully saturated rings. The molecule has 0 aliphatic carbocycles. The Kier molecular flexibility index (Phi) is 13.4. The number of methoxy groups -OCH3 is 1. The Morgan fingerprint density at radius 2 is 1.18 bits per heavy atom. The van der Waals surface area contributed by atoms with E-state index in [0.29, 0.717) is 5.69 Å². The van der Waals surface area contributed by atoms with Crippen LogP contribution in [0.25, 0.3) is 0 Å². The number of anilines is 3. The summed E-state index contributed by atoms with van der Waals surface area (Å²) in [5.41, 5.74) is -0.168. The van der Waals surface area contributed by atoms with Gasteiger partial charge < -0.3 is 55.1 Å². The van der Waals surface area contributed by atoms with E-state index in [-0.39, 0.29) is 67.9 Å². The van der Waals surface area contributed by atoms with Gasteiger partial charge in [-0.1, -0.05) is 0 Å². The average molecular weight is 714 g/mol. The van der Waals surface area contributed by atoms with Gasteiger partial charge in [0.25, 0.3) is 17.7 Å². The molecule has 20 heteroatoms. The zero-order chi connectivity index (χ0) is 37.9. The monoisotopic (exact) mass is 713 g/mol. The third-order valence-electron chi connectivity index (χ3n) is 6.69. The van der Waals surface area contributed by atoms with Gasteiger partial charge in [0.15, 0.2) is 11.6 Å². The number of aryl methyl sites for hydroxylation is 3. The van der Waals surface area contributed by atoms with Crippen LogP contribution in [0.1, 0.15) is 71.8 Å². The fourth-order valence-electron chi connectivity index (χ4n) is 4.36. The first kappa shape index (κ1) is 39.2. The van der Waals surface area contributed by atoms with Crippen LogP contribution in [0.15, 0.2) is 24.7 Å². The largest absolute Gasteiger partial charge is 0.469 e. The molecule has 20 nitrogen and oxygen atoms in total. The van der Waals surface area contributed by atoms with Gasteiger partial charge in [-0.25, -0.2) is 14.8 Å². The van der Waals surface area contributed by atoms with Crippen LogP contribution in [0, 0.1) is 0 Å². The zero-order valence-corrected chi connectivity index (χ0v) is 29.5. The highest BCUT2D eigenvalue weighted by Gasteiger charge is 2.20. The number of amides is 6. The molecule has 6 N–H and O–H groups in total. The lowest BCUT2D eigenvalue weighted by molar-refractivity contribution is -0.140. The zero-order valence-electron chi connectivity index (χ0n) is 29.5. The molecule has 0 saturated heterocycles. The fourth-order valence-corrected chi connectivity index (χ4v) is 4.36. The highest BCUT2D eigenvalue weighted by Crippen LogP contribution is 2.16. The Hall–Kier alpha value is -6.21. The van der Waals surface area contributed by atoms with E-state index in [1.807, 2.05) is 0 Å². The molecule has 0 bridgehead atoms. The first-order chi connectivity index (χ1) is 23.9. The summed E-state index contributed by atoms with van der Waals surface area (Å²) in [4.78, 5) is 94.1. The van der Waals surface area contributed by atoms with Crippen molar-refractivity contribution in [3.8, 4) is 0 Å². The second kappa shape index (κ2) is 17.4. The lowest BCUT2D eigenvalue weighted by atomic mass is 10.2. The molecule has 3 heterocycles. The second-order valence-electron chi connectivity index (χ2n) is 12.2. The maximum Gasteiger partial charge on any atom is 0.407 e. The van der Waals surface area contributed by atoms with Gasteiger partial charge in [-0.15, -0.1) is 0 Å². The average Bonchev–Trinajstić information content (AvgIpc) is 3.70. The van der Waals surface area contributed by atoms with Gasteiger partial charge in [0.2, 0.25) is 23.5 Å². The summed E-state index contributed by atoms with van der Waals surface area (Å²) in [5.74, 6) is -2.75. The molecule has 276 valence electrons. The second-order valence-corrected chi connectivity index (χ2v) is 12.2. The molecule has 0 aliphatic heterocycles. The number of hydrogen-bond acceptors (Lipinski definition) is 11. The minimum atomic E-state index is -0.667. The summed E-state index contributed by atoms with van der Waals surface area (Å²) in [6, 6.07) is 1.45. The first-order valence-corrected chi connectivity index (χ1v) is 15.7. The molecule has 0 atom stereocenters. The van der Waals surface area contributed by atoms with Crippen LogP contribution < -0.4 is 31.9 Å². The van der Waals surface area contributed by atoms with E-state index < -0.39 is 47.2 Å². The molecule has 6 amide bonds. The van der Waals surface area contributed by atoms with Crippen LogP contribution in [0.5, 0.6) is 0 Å². The quantitative estimate of drug-likeness (QED) is 0.119. The minimum Gasteiger partial charge on any atom is -0.469 e. The molecule has 0 unspecified atom stereocenters. The molecule has 0 aliphatic rings. The van der Waals surface area contributed by atoms with Gasteiger partial charge in [0, 0.05) is 72.2 Å². The van der Waals surface area contributed by atoms with Crippen LogP contribution in [0.4, 0.5) is 22.1 Å². The topological polar surface area (TPSA) is 251 Å². The number of aromatic nitrogens is 5. The van der Waals surface area contributed by atoms with Gasteiger partial charge in [0.1, 0.15) is 11.3 Å². The van der Waals surface area contributed by atoms with Crippen molar-refractivity contribution in [2.45, 2.75) is 45.6 Å². The number of rotatable bonds is 15. The lowest BCUT2D eigenvalue weighted by Gasteiger charge is -2.19. The predicted octanol–water partition coefficient (Wildman–Crippen LogP) is 0.649. The molecular weight excluding hydrogens is 670 g/mol. The summed E-state index contributed by atoms with van der Waals surface area (Å²) in [6.07, 6.45) is 3.62. The molecule has 0 saturated carbocycles. The van der Waals surface area contributed by atoms with Crippen molar-refractivity contribution in [3.63, 3.8) is 0 Å². The summed E-state index contributed by atoms with van der Waals surface area (Å²) >= 11 is 0. The van der Waals surface area contributed by atoms with E-state index in [0.717, 1.165) is 0 Å². The third-order valence-corrected chi connectivity index (χ3v) is 6.69. The van der Waals surface area contributed by atoms with Gasteiger partial charge in [0.05, 0.1) is 19.2 Å². The van der Waals surface area contributed by atoms with Crippen LogP contribution in [0.3, 0.4) is 0 Å². The highest BCUT2D eigenvalue weighted by atomic mass is 16.6. The van der Waals surface area contributed by atoms with E-state index >= 15 is 0 Å². The number of nitrogens with one attached hydrogen (secondary N) is 6. The predicted molar refractivity (Wildman–Crippen MR) is 182 cm³/mol. The number of imidazole rings is 2. The van der Waals surface area contributed by atoms with Crippen molar-refractivity contribution in [1.82, 2.24) is 39.6 Å². The Morgan fingerprint density at radius 3 is 1.73 bits per heavy atom. The molecule has 51 heavy (non-hydrogen) atoms. The van der Waals surface area contributed by atoms with Crippen molar-refractivity contribution in [1.29, 1.82) is 0 Å². The van der Waals surface area contributed by atoms with Gasteiger partial charge >= 0.3 is 12.1 Å². The van der Waals surface area contributed by atoms with Gasteiger partial charge in [-0.05, 0) is 26.8 Å². The van der Waals surface area contributed by atoms with Crippen LogP contribution in [-0.2, 0) is 45.0 Å². The van der Waals surface area contributed by atoms with E-state index in [9.17, 15) is 33.6 Å². The van der Waals surface area contributed by atoms with Gasteiger partial charge in [-0.3, -0.25) is 28.8 Å². The van der Waals surface area contributed by atoms with E-state index in [1.54, 1.807) is 41.9 Å². The Balaban J connectivity index is 1.45. The Bertz CT molecular complexity index is 1780. The normalized spacial score (nSPS) is 10.9. The number of carbonyl (C=O) groups excluding carboxylic acids is 7. The van der Waals surface area contributed by atoms with E-state index in [1.165, 1.54) is 45.5 Å². The number of alkyl carbamates (subject to hydrolysis) is 1. The number of hydrogen-bond donors (Lipinski definition) is 6. The van der Waals surface area contributed by atoms with Crippen molar-refractivity contribution in [2.24, 2.45) is 21.1 Å². The summed E-state index contributed by atoms with van der Waals surface area (Å²) in [5, 5.41) is 15.5. The minimum absolute atomic E-state index is 0.00423. The van der Waals surface area contributed by atoms with E-state index in [2.05, 4.69) is 46.6 Å². The Labute approximate surface area is 293 Å². The molecule has 0 aromatic carbocycles. The molecule has 3 aromatic rings. The van der Waals surface area contributed by atoms with Crippen LogP contribution >= 0.6 is 0 Å². The highest BCUT2D eigenvalue weighted by molar-refractivity contribution is 6.04. The SMILES string of the molecule is COC(=O)CCNC(=O)c1nc(NC(=O)CCNC(=O)c2cc(NC(=O)c3nc(NC(=O)CCNC(=O)OC(C)(C)C)cn3C)cn2C)cn1C. The van der Waals surface area contributed by atoms with Gasteiger partial charge in [-0.2, -0.15) is 0 Å². The number of carbonyl (C=O) groups is 7. The summed E-state index contributed by atoms with van der Waals surface area (Å²) in [6.45, 7) is 5.24. The molecule has 3 rings (SSSR count). The van der Waals surface area contributed by atoms with Crippen molar-refractivity contribution in [3.05, 3.63) is 42.0 Å². The number of esters is 1. The van der Waals surface area contributed by atoms with E-state index in [4.69, 9.17) is 4.74 Å². The van der Waals surface area contributed by atoms with Crippen LogP contribution in [-0.4, -0.2) is 97.6 Å².